The van der Waals surface area contributed by atoms with Crippen LogP contribution in [0.25, 0.3) is 0 Å². The van der Waals surface area contributed by atoms with Gasteiger partial charge in [0.1, 0.15) is 5.78 Å². The summed E-state index contributed by atoms with van der Waals surface area (Å²) in [4.78, 5) is 10.7. The summed E-state index contributed by atoms with van der Waals surface area (Å²) in [6.07, 6.45) is 4.66. The lowest BCUT2D eigenvalue weighted by atomic mass is 10.0. The Balaban J connectivity index is 0.000000199. The third kappa shape index (κ3) is 5.93. The van der Waals surface area contributed by atoms with Crippen molar-refractivity contribution < 1.29 is 13.2 Å². The number of hydrogen-bond acceptors (Lipinski definition) is 4. The van der Waals surface area contributed by atoms with Gasteiger partial charge in [-0.3, -0.25) is 4.79 Å². The molecule has 2 fully saturated rings. The van der Waals surface area contributed by atoms with Crippen molar-refractivity contribution in [1.82, 2.24) is 9.62 Å². The minimum absolute atomic E-state index is 0.157. The number of nitrogens with one attached hydrogen (secondary N) is 1. The summed E-state index contributed by atoms with van der Waals surface area (Å²) < 4.78 is 23.2. The number of sulfonamides is 1. The molecule has 0 amide bonds. The summed E-state index contributed by atoms with van der Waals surface area (Å²) in [6, 6.07) is 0. The third-order valence-corrected chi connectivity index (χ3v) is 4.68. The summed E-state index contributed by atoms with van der Waals surface area (Å²) >= 11 is 0. The summed E-state index contributed by atoms with van der Waals surface area (Å²) in [5.74, 6) is 1.13. The Kier molecular flexibility index (Phi) is 6.25. The number of rotatable bonds is 1. The van der Waals surface area contributed by atoms with E-state index in [0.717, 1.165) is 5.92 Å². The van der Waals surface area contributed by atoms with Gasteiger partial charge in [-0.05, 0) is 31.8 Å². The van der Waals surface area contributed by atoms with Gasteiger partial charge in [0, 0.05) is 25.9 Å². The maximum atomic E-state index is 10.9. The lowest BCUT2D eigenvalue weighted by Gasteiger charge is -2.22. The Bertz CT molecular complexity index is 352. The van der Waals surface area contributed by atoms with E-state index in [1.807, 2.05) is 0 Å². The van der Waals surface area contributed by atoms with E-state index in [2.05, 4.69) is 12.2 Å². The highest BCUT2D eigenvalue weighted by Crippen LogP contribution is 2.09. The van der Waals surface area contributed by atoms with Crippen LogP contribution in [0.3, 0.4) is 0 Å². The van der Waals surface area contributed by atoms with Crippen molar-refractivity contribution in [1.29, 1.82) is 0 Å². The van der Waals surface area contributed by atoms with Gasteiger partial charge in [-0.2, -0.15) is 0 Å². The molecule has 0 saturated carbocycles. The van der Waals surface area contributed by atoms with Crippen molar-refractivity contribution in [2.45, 2.75) is 32.6 Å². The number of hydrogen-bond donors (Lipinski definition) is 1. The molecule has 0 aromatic carbocycles. The molecule has 0 aromatic rings. The normalized spacial score (nSPS) is 23.3. The fourth-order valence-electron chi connectivity index (χ4n) is 2.03. The highest BCUT2D eigenvalue weighted by Gasteiger charge is 2.22. The molecule has 2 saturated heterocycles. The van der Waals surface area contributed by atoms with Crippen molar-refractivity contribution in [2.24, 2.45) is 5.92 Å². The molecule has 2 rings (SSSR count). The zero-order valence-electron chi connectivity index (χ0n) is 11.3. The van der Waals surface area contributed by atoms with E-state index in [-0.39, 0.29) is 5.78 Å². The van der Waals surface area contributed by atoms with E-state index in [1.54, 1.807) is 0 Å². The number of piperidine rings is 2. The number of carbonyl (C=O) groups is 1. The van der Waals surface area contributed by atoms with Gasteiger partial charge in [-0.15, -0.1) is 0 Å². The van der Waals surface area contributed by atoms with E-state index in [1.165, 1.54) is 36.5 Å². The van der Waals surface area contributed by atoms with Crippen LogP contribution < -0.4 is 5.32 Å². The summed E-state index contributed by atoms with van der Waals surface area (Å²) in [6.45, 7) is 5.51. The van der Waals surface area contributed by atoms with Gasteiger partial charge in [0.05, 0.1) is 6.26 Å². The maximum Gasteiger partial charge on any atom is 0.211 e. The van der Waals surface area contributed by atoms with E-state index in [0.29, 0.717) is 25.9 Å². The maximum absolute atomic E-state index is 10.9. The molecule has 6 heteroatoms. The van der Waals surface area contributed by atoms with Crippen LogP contribution in [0.2, 0.25) is 0 Å². The predicted molar refractivity (Wildman–Crippen MR) is 71.9 cm³/mol. The third-order valence-electron chi connectivity index (χ3n) is 3.38. The van der Waals surface area contributed by atoms with Gasteiger partial charge in [-0.25, -0.2) is 12.7 Å². The molecule has 0 radical (unpaired) electrons. The smallest absolute Gasteiger partial charge is 0.211 e. The Morgan fingerprint density at radius 3 is 2.00 bits per heavy atom. The largest absolute Gasteiger partial charge is 0.317 e. The predicted octanol–water partition coefficient (Wildman–Crippen LogP) is 0.617. The van der Waals surface area contributed by atoms with E-state index >= 15 is 0 Å². The molecule has 2 aliphatic rings. The molecule has 18 heavy (non-hydrogen) atoms. The SMILES string of the molecule is CC1CCNCC1.CS(=O)(=O)N1CCC(=O)CC1. The monoisotopic (exact) mass is 276 g/mol. The molecule has 0 unspecified atom stereocenters. The molecule has 0 aromatic heterocycles. The molecular formula is C12H24N2O3S. The van der Waals surface area contributed by atoms with Crippen LogP contribution in [0, 0.1) is 5.92 Å². The van der Waals surface area contributed by atoms with E-state index < -0.39 is 10.0 Å². The van der Waals surface area contributed by atoms with Crippen molar-refractivity contribution in [3.63, 3.8) is 0 Å². The lowest BCUT2D eigenvalue weighted by molar-refractivity contribution is -0.120. The van der Waals surface area contributed by atoms with Crippen molar-refractivity contribution in [2.75, 3.05) is 32.4 Å². The van der Waals surface area contributed by atoms with Crippen molar-refractivity contribution in [3.05, 3.63) is 0 Å². The molecular weight excluding hydrogens is 252 g/mol. The lowest BCUT2D eigenvalue weighted by Crippen LogP contribution is -2.37. The second-order valence-electron chi connectivity index (χ2n) is 5.13. The topological polar surface area (TPSA) is 66.5 Å². The summed E-state index contributed by atoms with van der Waals surface area (Å²) in [7, 11) is -3.07. The van der Waals surface area contributed by atoms with Crippen LogP contribution in [0.4, 0.5) is 0 Å². The summed E-state index contributed by atoms with van der Waals surface area (Å²) in [5, 5.41) is 3.32. The van der Waals surface area contributed by atoms with Crippen LogP contribution in [0.5, 0.6) is 0 Å². The van der Waals surface area contributed by atoms with Gasteiger partial charge < -0.3 is 5.32 Å². The van der Waals surface area contributed by atoms with E-state index in [4.69, 9.17) is 0 Å². The van der Waals surface area contributed by atoms with E-state index in [9.17, 15) is 13.2 Å². The Morgan fingerprint density at radius 1 is 1.17 bits per heavy atom. The first-order valence-electron chi connectivity index (χ1n) is 6.57. The highest BCUT2D eigenvalue weighted by atomic mass is 32.2. The molecule has 1 N–H and O–H groups in total. The highest BCUT2D eigenvalue weighted by molar-refractivity contribution is 7.88. The van der Waals surface area contributed by atoms with Crippen molar-refractivity contribution >= 4 is 15.8 Å². The van der Waals surface area contributed by atoms with Gasteiger partial charge >= 0.3 is 0 Å². The van der Waals surface area contributed by atoms with Crippen LogP contribution in [-0.2, 0) is 14.8 Å². The second kappa shape index (κ2) is 7.21. The zero-order chi connectivity index (χ0) is 13.6. The average Bonchev–Trinajstić information content (AvgIpc) is 2.30. The number of carbonyl (C=O) groups excluding carboxylic acids is 1. The number of Topliss-reactive ketones (excluding diaryl/α,β-unsaturated/α-hetero) is 1. The molecule has 2 heterocycles. The molecule has 0 bridgehead atoms. The van der Waals surface area contributed by atoms with Crippen LogP contribution in [0.15, 0.2) is 0 Å². The molecule has 106 valence electrons. The summed E-state index contributed by atoms with van der Waals surface area (Å²) in [5.41, 5.74) is 0. The molecule has 0 spiro atoms. The Hall–Kier alpha value is -0.460. The molecule has 0 atom stereocenters. The first kappa shape index (κ1) is 15.6. The first-order chi connectivity index (χ1) is 8.39. The van der Waals surface area contributed by atoms with Gasteiger partial charge in [0.25, 0.3) is 0 Å². The minimum atomic E-state index is -3.07. The standard InChI is InChI=1S/C6H11NO3S.C6H13N/c1-11(9,10)7-4-2-6(8)3-5-7;1-6-2-4-7-5-3-6/h2-5H2,1H3;6-7H,2-5H2,1H3. The first-order valence-corrected chi connectivity index (χ1v) is 8.42. The Labute approximate surface area is 110 Å². The quantitative estimate of drug-likeness (QED) is 0.762. The second-order valence-corrected chi connectivity index (χ2v) is 7.12. The Morgan fingerprint density at radius 2 is 1.67 bits per heavy atom. The van der Waals surface area contributed by atoms with Gasteiger partial charge in [-0.1, -0.05) is 6.92 Å². The minimum Gasteiger partial charge on any atom is -0.317 e. The van der Waals surface area contributed by atoms with Gasteiger partial charge in [0.15, 0.2) is 0 Å². The van der Waals surface area contributed by atoms with Crippen LogP contribution in [0.1, 0.15) is 32.6 Å². The van der Waals surface area contributed by atoms with Crippen molar-refractivity contribution in [3.8, 4) is 0 Å². The fraction of sp³-hybridized carbons (Fsp3) is 0.917. The number of ketones is 1. The zero-order valence-corrected chi connectivity index (χ0v) is 12.1. The van der Waals surface area contributed by atoms with Crippen LogP contribution in [-0.4, -0.2) is 50.9 Å². The molecule has 0 aliphatic carbocycles. The van der Waals surface area contributed by atoms with Crippen LogP contribution >= 0.6 is 0 Å². The molecule has 5 nitrogen and oxygen atoms in total. The molecule has 2 aliphatic heterocycles. The number of nitrogens with zero attached hydrogens (tertiary/aromatic N) is 1. The average molecular weight is 276 g/mol. The van der Waals surface area contributed by atoms with Gasteiger partial charge in [0.2, 0.25) is 10.0 Å². The fourth-order valence-corrected chi connectivity index (χ4v) is 2.88.